The van der Waals surface area contributed by atoms with Gasteiger partial charge in [-0.1, -0.05) is 0 Å². The fourth-order valence-corrected chi connectivity index (χ4v) is 2.67. The largest absolute Gasteiger partial charge is 0.444 e. The molecule has 1 fully saturated rings. The van der Waals surface area contributed by atoms with Crippen LogP contribution in [0.2, 0.25) is 0 Å². The molecular weight excluding hydrogens is 326 g/mol. The third kappa shape index (κ3) is 8.92. The van der Waals surface area contributed by atoms with Gasteiger partial charge in [0.15, 0.2) is 0 Å². The van der Waals surface area contributed by atoms with E-state index in [-0.39, 0.29) is 12.0 Å². The van der Waals surface area contributed by atoms with Crippen LogP contribution in [-0.4, -0.2) is 41.0 Å². The molecule has 2 amide bonds. The van der Waals surface area contributed by atoms with E-state index < -0.39 is 23.4 Å². The van der Waals surface area contributed by atoms with Crippen LogP contribution in [0.15, 0.2) is 0 Å². The number of carbonyl (C=O) groups excluding carboxylic acids is 2. The summed E-state index contributed by atoms with van der Waals surface area (Å²) in [6, 6.07) is 0.0832. The predicted molar refractivity (Wildman–Crippen MR) is 93.3 cm³/mol. The Labute approximate surface area is 150 Å². The summed E-state index contributed by atoms with van der Waals surface area (Å²) in [5.74, 6) is 5.46. The Morgan fingerprint density at radius 1 is 1.00 bits per heavy atom. The number of nitrogens with two attached hydrogens (primary N) is 1. The zero-order valence-electron chi connectivity index (χ0n) is 16.3. The van der Waals surface area contributed by atoms with Crippen molar-refractivity contribution in [3.05, 3.63) is 0 Å². The Bertz CT molecular complexity index is 448. The van der Waals surface area contributed by atoms with Crippen molar-refractivity contribution in [1.82, 2.24) is 10.4 Å². The number of nitrogens with zero attached hydrogens (tertiary/aromatic N) is 1. The van der Waals surface area contributed by atoms with Crippen LogP contribution in [0.3, 0.4) is 0 Å². The number of hydrogen-bond acceptors (Lipinski definition) is 6. The number of hydroxylamine groups is 2. The monoisotopic (exact) mass is 359 g/mol. The SMILES string of the molecule is CC(C)(C)OC(=O)N[C@H]1CC[C@@H](CN(ON)C(=O)OC(C)(C)C)CC1. The molecule has 0 aromatic carbocycles. The van der Waals surface area contributed by atoms with Crippen LogP contribution < -0.4 is 11.2 Å². The first-order valence-corrected chi connectivity index (χ1v) is 8.76. The molecule has 0 aromatic rings. The van der Waals surface area contributed by atoms with E-state index in [0.717, 1.165) is 30.7 Å². The van der Waals surface area contributed by atoms with E-state index in [1.807, 2.05) is 20.8 Å². The second-order valence-corrected chi connectivity index (χ2v) is 8.51. The van der Waals surface area contributed by atoms with Gasteiger partial charge in [0.2, 0.25) is 0 Å². The highest BCUT2D eigenvalue weighted by molar-refractivity contribution is 5.68. The number of hydrogen-bond donors (Lipinski definition) is 2. The van der Waals surface area contributed by atoms with Gasteiger partial charge in [-0.3, -0.25) is 0 Å². The lowest BCUT2D eigenvalue weighted by molar-refractivity contribution is -0.158. The van der Waals surface area contributed by atoms with Gasteiger partial charge in [0.1, 0.15) is 11.2 Å². The number of amides is 2. The molecule has 1 aliphatic carbocycles. The predicted octanol–water partition coefficient (Wildman–Crippen LogP) is 3.11. The van der Waals surface area contributed by atoms with Crippen molar-refractivity contribution in [2.75, 3.05) is 6.54 Å². The molecule has 0 heterocycles. The van der Waals surface area contributed by atoms with Gasteiger partial charge >= 0.3 is 12.2 Å². The standard InChI is InChI=1S/C17H33N3O5/c1-16(2,3)23-14(21)19-13-9-7-12(8-10-13)11-20(25-18)15(22)24-17(4,5)6/h12-13H,7-11,18H2,1-6H3,(H,19,21)/t12-,13+. The molecule has 0 atom stereocenters. The van der Waals surface area contributed by atoms with Crippen molar-refractivity contribution in [3.63, 3.8) is 0 Å². The Morgan fingerprint density at radius 3 is 1.96 bits per heavy atom. The van der Waals surface area contributed by atoms with Gasteiger partial charge in [0.25, 0.3) is 0 Å². The molecule has 0 radical (unpaired) electrons. The van der Waals surface area contributed by atoms with Crippen molar-refractivity contribution in [1.29, 1.82) is 0 Å². The fourth-order valence-electron chi connectivity index (χ4n) is 2.67. The van der Waals surface area contributed by atoms with E-state index in [0.29, 0.717) is 6.54 Å². The molecule has 1 aliphatic rings. The van der Waals surface area contributed by atoms with Gasteiger partial charge < -0.3 is 14.8 Å². The van der Waals surface area contributed by atoms with Crippen LogP contribution in [0.4, 0.5) is 9.59 Å². The Kier molecular flexibility index (Phi) is 7.49. The van der Waals surface area contributed by atoms with E-state index in [2.05, 4.69) is 10.3 Å². The number of carbonyl (C=O) groups is 2. The summed E-state index contributed by atoms with van der Waals surface area (Å²) in [6.07, 6.45) is 2.35. The lowest BCUT2D eigenvalue weighted by atomic mass is 9.86. The van der Waals surface area contributed by atoms with Gasteiger partial charge in [0.05, 0.1) is 6.54 Å². The fraction of sp³-hybridized carbons (Fsp3) is 0.882. The molecule has 0 spiro atoms. The van der Waals surface area contributed by atoms with Gasteiger partial charge in [-0.15, -0.1) is 0 Å². The maximum absolute atomic E-state index is 12.0. The van der Waals surface area contributed by atoms with Crippen molar-refractivity contribution in [3.8, 4) is 0 Å². The zero-order valence-corrected chi connectivity index (χ0v) is 16.3. The molecule has 0 aliphatic heterocycles. The summed E-state index contributed by atoms with van der Waals surface area (Å²) in [5.41, 5.74) is -1.11. The minimum Gasteiger partial charge on any atom is -0.444 e. The number of ether oxygens (including phenoxy) is 2. The Morgan fingerprint density at radius 2 is 1.52 bits per heavy atom. The van der Waals surface area contributed by atoms with Crippen molar-refractivity contribution < 1.29 is 24.0 Å². The number of alkyl carbamates (subject to hydrolysis) is 1. The lowest BCUT2D eigenvalue weighted by Crippen LogP contribution is -2.44. The normalized spacial score (nSPS) is 21.4. The Balaban J connectivity index is 2.40. The maximum Gasteiger partial charge on any atom is 0.436 e. The first-order chi connectivity index (χ1) is 11.4. The summed E-state index contributed by atoms with van der Waals surface area (Å²) < 4.78 is 10.5. The number of rotatable bonds is 4. The van der Waals surface area contributed by atoms with Crippen LogP contribution in [0.5, 0.6) is 0 Å². The van der Waals surface area contributed by atoms with Crippen LogP contribution >= 0.6 is 0 Å². The van der Waals surface area contributed by atoms with Crippen LogP contribution in [0.1, 0.15) is 67.2 Å². The molecule has 8 nitrogen and oxygen atoms in total. The summed E-state index contributed by atoms with van der Waals surface area (Å²) in [7, 11) is 0. The van der Waals surface area contributed by atoms with Crippen LogP contribution in [-0.2, 0) is 14.4 Å². The molecule has 0 aromatic heterocycles. The van der Waals surface area contributed by atoms with E-state index in [4.69, 9.17) is 15.4 Å². The molecular formula is C17H33N3O5. The van der Waals surface area contributed by atoms with Crippen molar-refractivity contribution >= 4 is 12.2 Å². The average Bonchev–Trinajstić information content (AvgIpc) is 2.42. The molecule has 3 N–H and O–H groups in total. The smallest absolute Gasteiger partial charge is 0.436 e. The van der Waals surface area contributed by atoms with Crippen molar-refractivity contribution in [2.24, 2.45) is 11.8 Å². The van der Waals surface area contributed by atoms with Crippen LogP contribution in [0.25, 0.3) is 0 Å². The zero-order chi connectivity index (χ0) is 19.3. The first kappa shape index (κ1) is 21.5. The second kappa shape index (κ2) is 8.71. The van der Waals surface area contributed by atoms with E-state index in [9.17, 15) is 9.59 Å². The van der Waals surface area contributed by atoms with Gasteiger partial charge in [-0.2, -0.15) is 15.9 Å². The molecule has 25 heavy (non-hydrogen) atoms. The summed E-state index contributed by atoms with van der Waals surface area (Å²) >= 11 is 0. The van der Waals surface area contributed by atoms with Crippen LogP contribution in [0, 0.1) is 5.92 Å². The summed E-state index contributed by atoms with van der Waals surface area (Å²) in [5, 5.41) is 3.95. The molecule has 0 saturated heterocycles. The molecule has 1 rings (SSSR count). The maximum atomic E-state index is 12.0. The van der Waals surface area contributed by atoms with Gasteiger partial charge in [0, 0.05) is 6.04 Å². The van der Waals surface area contributed by atoms with Gasteiger partial charge in [-0.25, -0.2) is 9.59 Å². The highest BCUT2D eigenvalue weighted by atomic mass is 16.8. The second-order valence-electron chi connectivity index (χ2n) is 8.51. The van der Waals surface area contributed by atoms with Gasteiger partial charge in [-0.05, 0) is 73.1 Å². The minimum absolute atomic E-state index is 0.0832. The summed E-state index contributed by atoms with van der Waals surface area (Å²) in [6.45, 7) is 11.2. The third-order valence-corrected chi connectivity index (χ3v) is 3.72. The van der Waals surface area contributed by atoms with E-state index in [1.165, 1.54) is 0 Å². The topological polar surface area (TPSA) is 103 Å². The quantitative estimate of drug-likeness (QED) is 0.748. The third-order valence-electron chi connectivity index (χ3n) is 3.72. The molecule has 8 heteroatoms. The Hall–Kier alpha value is -1.54. The van der Waals surface area contributed by atoms with E-state index >= 15 is 0 Å². The first-order valence-electron chi connectivity index (χ1n) is 8.76. The molecule has 0 bridgehead atoms. The van der Waals surface area contributed by atoms with E-state index in [1.54, 1.807) is 20.8 Å². The molecule has 146 valence electrons. The average molecular weight is 359 g/mol. The minimum atomic E-state index is -0.608. The molecule has 1 saturated carbocycles. The number of nitrogens with one attached hydrogen (secondary N) is 1. The highest BCUT2D eigenvalue weighted by Gasteiger charge is 2.29. The lowest BCUT2D eigenvalue weighted by Gasteiger charge is -2.32. The highest BCUT2D eigenvalue weighted by Crippen LogP contribution is 2.26. The summed E-state index contributed by atoms with van der Waals surface area (Å²) in [4.78, 5) is 28.5. The van der Waals surface area contributed by atoms with Crippen molar-refractivity contribution in [2.45, 2.75) is 84.5 Å². The molecule has 0 unspecified atom stereocenters.